The fourth-order valence-electron chi connectivity index (χ4n) is 4.76. The van der Waals surface area contributed by atoms with Gasteiger partial charge in [-0.05, 0) is 47.5 Å². The zero-order valence-corrected chi connectivity index (χ0v) is 17.5. The van der Waals surface area contributed by atoms with Gasteiger partial charge in [-0.25, -0.2) is 9.07 Å². The van der Waals surface area contributed by atoms with Gasteiger partial charge in [-0.3, -0.25) is 0 Å². The number of hydrogen-bond donors (Lipinski definition) is 1. The first kappa shape index (κ1) is 20.1. The predicted molar refractivity (Wildman–Crippen MR) is 114 cm³/mol. The molecule has 8 heteroatoms. The van der Waals surface area contributed by atoms with Crippen LogP contribution in [0.25, 0.3) is 0 Å². The van der Waals surface area contributed by atoms with Crippen LogP contribution in [0.4, 0.5) is 10.1 Å². The Morgan fingerprint density at radius 3 is 2.58 bits per heavy atom. The molecule has 2 aliphatic heterocycles. The molecule has 1 aromatic heterocycles. The Bertz CT molecular complexity index is 982. The van der Waals surface area contributed by atoms with Crippen LogP contribution < -0.4 is 9.80 Å². The smallest absolute Gasteiger partial charge is 0.214 e. The third-order valence-electron chi connectivity index (χ3n) is 6.37. The number of nitrogens with zero attached hydrogens (tertiary/aromatic N) is 5. The maximum atomic E-state index is 14.9. The van der Waals surface area contributed by atoms with Crippen LogP contribution in [0.3, 0.4) is 0 Å². The van der Waals surface area contributed by atoms with E-state index in [1.165, 1.54) is 16.7 Å². The zero-order valence-electron chi connectivity index (χ0n) is 17.5. The van der Waals surface area contributed by atoms with Crippen molar-refractivity contribution in [3.8, 4) is 0 Å². The van der Waals surface area contributed by atoms with Crippen LogP contribution in [0.5, 0.6) is 0 Å². The minimum atomic E-state index is -0.254. The normalized spacial score (nSPS) is 20.8. The molecule has 2 saturated heterocycles. The van der Waals surface area contributed by atoms with Crippen LogP contribution in [-0.2, 0) is 11.3 Å². The van der Waals surface area contributed by atoms with Crippen molar-refractivity contribution in [3.05, 3.63) is 71.8 Å². The molecule has 2 aromatic carbocycles. The van der Waals surface area contributed by atoms with Gasteiger partial charge in [0.05, 0.1) is 44.4 Å². The Balaban J connectivity index is 1.42. The van der Waals surface area contributed by atoms with E-state index in [2.05, 4.69) is 44.7 Å². The monoisotopic (exact) mass is 423 g/mol. The summed E-state index contributed by atoms with van der Waals surface area (Å²) in [5, 5.41) is 12.6. The van der Waals surface area contributed by atoms with Gasteiger partial charge in [-0.2, -0.15) is 0 Å². The van der Waals surface area contributed by atoms with E-state index in [1.54, 1.807) is 6.07 Å². The third-order valence-corrected chi connectivity index (χ3v) is 6.37. The average Bonchev–Trinajstić information content (AvgIpc) is 3.49. The Labute approximate surface area is 181 Å². The SMILES string of the molecule is Fc1ccccc1[C@@H](c1nnnn1C[C@H]1CCCO1)[NH+]1CCN(c2ccccc2)CC1. The molecule has 2 atom stereocenters. The lowest BCUT2D eigenvalue weighted by Gasteiger charge is -2.37. The number of rotatable bonds is 6. The van der Waals surface area contributed by atoms with E-state index in [0.29, 0.717) is 17.9 Å². The Hall–Kier alpha value is -2.84. The van der Waals surface area contributed by atoms with E-state index >= 15 is 0 Å². The van der Waals surface area contributed by atoms with Crippen molar-refractivity contribution in [1.82, 2.24) is 20.2 Å². The van der Waals surface area contributed by atoms with Gasteiger partial charge in [-0.15, -0.1) is 5.10 Å². The number of hydrogen-bond acceptors (Lipinski definition) is 5. The summed E-state index contributed by atoms with van der Waals surface area (Å²) in [6.45, 7) is 4.94. The summed E-state index contributed by atoms with van der Waals surface area (Å²) in [4.78, 5) is 3.66. The van der Waals surface area contributed by atoms with E-state index in [0.717, 1.165) is 45.6 Å². The maximum absolute atomic E-state index is 14.9. The van der Waals surface area contributed by atoms with Crippen LogP contribution in [0.2, 0.25) is 0 Å². The van der Waals surface area contributed by atoms with E-state index < -0.39 is 0 Å². The van der Waals surface area contributed by atoms with Crippen LogP contribution >= 0.6 is 0 Å². The highest BCUT2D eigenvalue weighted by atomic mass is 19.1. The number of benzene rings is 2. The van der Waals surface area contributed by atoms with Crippen molar-refractivity contribution in [2.24, 2.45) is 0 Å². The number of para-hydroxylation sites is 1. The molecule has 0 amide bonds. The molecule has 3 aromatic rings. The number of nitrogens with one attached hydrogen (secondary N) is 1. The van der Waals surface area contributed by atoms with Crippen LogP contribution in [0.1, 0.15) is 30.3 Å². The molecule has 0 bridgehead atoms. The zero-order chi connectivity index (χ0) is 21.0. The van der Waals surface area contributed by atoms with Gasteiger partial charge >= 0.3 is 0 Å². The minimum absolute atomic E-state index is 0.119. The largest absolute Gasteiger partial charge is 0.376 e. The molecule has 0 saturated carbocycles. The number of aromatic nitrogens is 4. The molecule has 7 nitrogen and oxygen atoms in total. The lowest BCUT2D eigenvalue weighted by Crippen LogP contribution is -3.15. The van der Waals surface area contributed by atoms with Crippen molar-refractivity contribution in [3.63, 3.8) is 0 Å². The molecule has 0 radical (unpaired) electrons. The number of ether oxygens (including phenoxy) is 1. The third kappa shape index (κ3) is 4.31. The molecule has 0 unspecified atom stereocenters. The predicted octanol–water partition coefficient (Wildman–Crippen LogP) is 1.49. The molecule has 0 spiro atoms. The second-order valence-corrected chi connectivity index (χ2v) is 8.29. The van der Waals surface area contributed by atoms with Crippen LogP contribution in [0.15, 0.2) is 54.6 Å². The van der Waals surface area contributed by atoms with Gasteiger partial charge in [0.1, 0.15) is 5.82 Å². The first-order chi connectivity index (χ1) is 15.3. The van der Waals surface area contributed by atoms with E-state index in [-0.39, 0.29) is 18.0 Å². The van der Waals surface area contributed by atoms with Gasteiger partial charge in [0.15, 0.2) is 6.04 Å². The topological polar surface area (TPSA) is 60.5 Å². The molecule has 31 heavy (non-hydrogen) atoms. The average molecular weight is 424 g/mol. The highest BCUT2D eigenvalue weighted by Crippen LogP contribution is 2.23. The van der Waals surface area contributed by atoms with Crippen molar-refractivity contribution in [1.29, 1.82) is 0 Å². The summed E-state index contributed by atoms with van der Waals surface area (Å²) in [7, 11) is 0. The van der Waals surface area contributed by atoms with Gasteiger partial charge in [0.25, 0.3) is 0 Å². The second kappa shape index (κ2) is 9.11. The summed E-state index contributed by atoms with van der Waals surface area (Å²) >= 11 is 0. The van der Waals surface area contributed by atoms with Crippen molar-refractivity contribution in [2.75, 3.05) is 37.7 Å². The second-order valence-electron chi connectivity index (χ2n) is 8.29. The van der Waals surface area contributed by atoms with Gasteiger partial charge in [-0.1, -0.05) is 30.3 Å². The van der Waals surface area contributed by atoms with Gasteiger partial charge in [0, 0.05) is 12.3 Å². The van der Waals surface area contributed by atoms with Crippen LogP contribution in [-0.4, -0.2) is 59.1 Å². The molecular formula is C23H28FN6O+. The Kier molecular flexibility index (Phi) is 5.90. The summed E-state index contributed by atoms with van der Waals surface area (Å²) in [6, 6.07) is 17.2. The summed E-state index contributed by atoms with van der Waals surface area (Å²) in [5.41, 5.74) is 1.88. The number of halogens is 1. The lowest BCUT2D eigenvalue weighted by molar-refractivity contribution is -0.927. The molecule has 5 rings (SSSR count). The number of tetrazole rings is 1. The molecule has 2 fully saturated rings. The van der Waals surface area contributed by atoms with Gasteiger partial charge in [0.2, 0.25) is 5.82 Å². The van der Waals surface area contributed by atoms with E-state index in [4.69, 9.17) is 4.74 Å². The molecule has 1 N–H and O–H groups in total. The molecule has 3 heterocycles. The summed E-state index contributed by atoms with van der Waals surface area (Å²) in [6.07, 6.45) is 2.19. The number of quaternary nitrogens is 1. The quantitative estimate of drug-likeness (QED) is 0.651. The fraction of sp³-hybridized carbons (Fsp3) is 0.435. The van der Waals surface area contributed by atoms with Gasteiger partial charge < -0.3 is 14.5 Å². The Morgan fingerprint density at radius 2 is 1.84 bits per heavy atom. The van der Waals surface area contributed by atoms with Crippen LogP contribution in [0, 0.1) is 5.82 Å². The summed E-state index contributed by atoms with van der Waals surface area (Å²) in [5.74, 6) is 0.501. The minimum Gasteiger partial charge on any atom is -0.376 e. The first-order valence-corrected chi connectivity index (χ1v) is 11.1. The maximum Gasteiger partial charge on any atom is 0.214 e. The van der Waals surface area contributed by atoms with E-state index in [1.807, 2.05) is 22.9 Å². The highest BCUT2D eigenvalue weighted by Gasteiger charge is 2.36. The van der Waals surface area contributed by atoms with Crippen molar-refractivity contribution >= 4 is 5.69 Å². The first-order valence-electron chi connectivity index (χ1n) is 11.1. The standard InChI is InChI=1S/C23H27FN6O/c24-21-11-5-4-10-20(21)22(23-25-26-27-30(23)17-19-9-6-16-31-19)29-14-12-28(13-15-29)18-7-2-1-3-8-18/h1-5,7-8,10-11,19,22H,6,9,12-17H2/p+1/t19-,22+/m1/s1. The molecule has 162 valence electrons. The summed E-state index contributed by atoms with van der Waals surface area (Å²) < 4.78 is 22.6. The Morgan fingerprint density at radius 1 is 1.06 bits per heavy atom. The number of piperazine rings is 1. The molecule has 2 aliphatic rings. The van der Waals surface area contributed by atoms with Crippen molar-refractivity contribution < 1.29 is 14.0 Å². The van der Waals surface area contributed by atoms with E-state index in [9.17, 15) is 4.39 Å². The molecule has 0 aliphatic carbocycles. The lowest BCUT2D eigenvalue weighted by atomic mass is 10.0. The fourth-order valence-corrected chi connectivity index (χ4v) is 4.76. The number of anilines is 1. The van der Waals surface area contributed by atoms with Crippen molar-refractivity contribution in [2.45, 2.75) is 31.5 Å². The highest BCUT2D eigenvalue weighted by molar-refractivity contribution is 5.46. The molecular weight excluding hydrogens is 395 g/mol.